The first-order valence-corrected chi connectivity index (χ1v) is 13.4. The predicted molar refractivity (Wildman–Crippen MR) is 132 cm³/mol. The molecule has 2 aliphatic heterocycles. The number of anilines is 1. The fraction of sp³-hybridized carbons (Fsp3) is 0.462. The Bertz CT molecular complexity index is 1180. The highest BCUT2D eigenvalue weighted by atomic mass is 32.2. The maximum atomic E-state index is 13.4. The summed E-state index contributed by atoms with van der Waals surface area (Å²) in [6.45, 7) is 6.64. The van der Waals surface area contributed by atoms with Crippen LogP contribution in [0.3, 0.4) is 0 Å². The number of amides is 2. The van der Waals surface area contributed by atoms with Crippen LogP contribution in [0.4, 0.5) is 5.69 Å². The summed E-state index contributed by atoms with van der Waals surface area (Å²) in [7, 11) is -3.72. The lowest BCUT2D eigenvalue weighted by Gasteiger charge is -2.31. The van der Waals surface area contributed by atoms with Gasteiger partial charge in [0.25, 0.3) is 0 Å². The Balaban J connectivity index is 1.40. The molecule has 2 atom stereocenters. The number of carbonyl (C=O) groups excluding carboxylic acids is 2. The van der Waals surface area contributed by atoms with Gasteiger partial charge in [0, 0.05) is 38.3 Å². The lowest BCUT2D eigenvalue weighted by atomic mass is 9.98. The largest absolute Gasteiger partial charge is 0.355 e. The van der Waals surface area contributed by atoms with Crippen molar-refractivity contribution < 1.29 is 18.0 Å². The van der Waals surface area contributed by atoms with Gasteiger partial charge in [-0.3, -0.25) is 9.59 Å². The Labute approximate surface area is 202 Å². The van der Waals surface area contributed by atoms with Crippen molar-refractivity contribution in [2.75, 3.05) is 24.5 Å². The minimum atomic E-state index is -3.72. The molecule has 7 nitrogen and oxygen atoms in total. The SMILES string of the molecule is CC(=O)N1c2ccc(S(=O)(=O)N3CCCC(C(=O)NCCc4ccc(C)cc4)C3)cc2CC1C. The van der Waals surface area contributed by atoms with Crippen molar-refractivity contribution in [2.24, 2.45) is 5.92 Å². The number of aryl methyl sites for hydroxylation is 1. The van der Waals surface area contributed by atoms with Crippen LogP contribution in [0.2, 0.25) is 0 Å². The summed E-state index contributed by atoms with van der Waals surface area (Å²) in [5, 5.41) is 2.98. The van der Waals surface area contributed by atoms with E-state index in [0.717, 1.165) is 23.2 Å². The van der Waals surface area contributed by atoms with Crippen molar-refractivity contribution in [3.63, 3.8) is 0 Å². The summed E-state index contributed by atoms with van der Waals surface area (Å²) in [4.78, 5) is 26.7. The van der Waals surface area contributed by atoms with Crippen LogP contribution in [0.15, 0.2) is 47.4 Å². The standard InChI is InChI=1S/C26H33N3O4S/c1-18-6-8-21(9-7-18)12-13-27-26(31)22-5-4-14-28(17-22)34(32,33)24-10-11-25-23(16-24)15-19(2)29(25)20(3)30/h6-11,16,19,22H,4-5,12-15,17H2,1-3H3,(H,27,31). The lowest BCUT2D eigenvalue weighted by Crippen LogP contribution is -2.45. The van der Waals surface area contributed by atoms with Gasteiger partial charge in [-0.15, -0.1) is 0 Å². The van der Waals surface area contributed by atoms with E-state index in [4.69, 9.17) is 0 Å². The normalized spacial score (nSPS) is 20.7. The fourth-order valence-electron chi connectivity index (χ4n) is 5.00. The van der Waals surface area contributed by atoms with Crippen LogP contribution in [0, 0.1) is 12.8 Å². The average Bonchev–Trinajstić information content (AvgIpc) is 3.15. The molecular weight excluding hydrogens is 450 g/mol. The Hall–Kier alpha value is -2.71. The molecule has 0 spiro atoms. The van der Waals surface area contributed by atoms with Gasteiger partial charge in [-0.1, -0.05) is 29.8 Å². The minimum Gasteiger partial charge on any atom is -0.355 e. The molecule has 2 aromatic rings. The zero-order valence-electron chi connectivity index (χ0n) is 20.1. The molecule has 1 N–H and O–H groups in total. The van der Waals surface area contributed by atoms with E-state index in [9.17, 15) is 18.0 Å². The zero-order valence-corrected chi connectivity index (χ0v) is 20.9. The van der Waals surface area contributed by atoms with Gasteiger partial charge in [0.1, 0.15) is 0 Å². The molecule has 2 aliphatic rings. The van der Waals surface area contributed by atoms with E-state index in [0.29, 0.717) is 32.4 Å². The first-order chi connectivity index (χ1) is 16.2. The molecule has 0 radical (unpaired) electrons. The maximum Gasteiger partial charge on any atom is 0.243 e. The van der Waals surface area contributed by atoms with E-state index in [1.165, 1.54) is 16.8 Å². The molecule has 1 saturated heterocycles. The highest BCUT2D eigenvalue weighted by molar-refractivity contribution is 7.89. The van der Waals surface area contributed by atoms with Gasteiger partial charge in [0.15, 0.2) is 0 Å². The third-order valence-electron chi connectivity index (χ3n) is 6.83. The third kappa shape index (κ3) is 5.03. The van der Waals surface area contributed by atoms with Gasteiger partial charge in [0.05, 0.1) is 10.8 Å². The Morgan fingerprint density at radius 2 is 1.85 bits per heavy atom. The number of benzene rings is 2. The predicted octanol–water partition coefficient (Wildman–Crippen LogP) is 3.05. The summed E-state index contributed by atoms with van der Waals surface area (Å²) in [5.41, 5.74) is 4.01. The molecule has 2 amide bonds. The second kappa shape index (κ2) is 9.88. The first kappa shape index (κ1) is 24.4. The number of rotatable bonds is 6. The molecule has 2 unspecified atom stereocenters. The van der Waals surface area contributed by atoms with Crippen molar-refractivity contribution in [1.29, 1.82) is 0 Å². The van der Waals surface area contributed by atoms with Crippen LogP contribution in [0.1, 0.15) is 43.4 Å². The monoisotopic (exact) mass is 483 g/mol. The summed E-state index contributed by atoms with van der Waals surface area (Å²) in [5.74, 6) is -0.495. The number of carbonyl (C=O) groups is 2. The highest BCUT2D eigenvalue weighted by Crippen LogP contribution is 2.35. The summed E-state index contributed by atoms with van der Waals surface area (Å²) in [6.07, 6.45) is 2.70. The summed E-state index contributed by atoms with van der Waals surface area (Å²) < 4.78 is 28.2. The van der Waals surface area contributed by atoms with Crippen LogP contribution >= 0.6 is 0 Å². The van der Waals surface area contributed by atoms with Gasteiger partial charge in [-0.25, -0.2) is 8.42 Å². The lowest BCUT2D eigenvalue weighted by molar-refractivity contribution is -0.126. The van der Waals surface area contributed by atoms with Crippen LogP contribution in [0.25, 0.3) is 0 Å². The van der Waals surface area contributed by atoms with Gasteiger partial charge < -0.3 is 10.2 Å². The van der Waals surface area contributed by atoms with E-state index in [-0.39, 0.29) is 35.2 Å². The number of sulfonamides is 1. The van der Waals surface area contributed by atoms with E-state index in [1.54, 1.807) is 23.1 Å². The number of hydrogen-bond acceptors (Lipinski definition) is 4. The van der Waals surface area contributed by atoms with Crippen molar-refractivity contribution in [3.8, 4) is 0 Å². The van der Waals surface area contributed by atoms with Gasteiger partial charge in [-0.05, 0) is 68.9 Å². The third-order valence-corrected chi connectivity index (χ3v) is 8.69. The van der Waals surface area contributed by atoms with Crippen LogP contribution < -0.4 is 10.2 Å². The van der Waals surface area contributed by atoms with Crippen molar-refractivity contribution in [1.82, 2.24) is 9.62 Å². The average molecular weight is 484 g/mol. The minimum absolute atomic E-state index is 0.00780. The number of nitrogens with zero attached hydrogens (tertiary/aromatic N) is 2. The smallest absolute Gasteiger partial charge is 0.243 e. The van der Waals surface area contributed by atoms with Crippen LogP contribution in [-0.2, 0) is 32.5 Å². The fourth-order valence-corrected chi connectivity index (χ4v) is 6.58. The zero-order chi connectivity index (χ0) is 24.5. The van der Waals surface area contributed by atoms with Gasteiger partial charge in [-0.2, -0.15) is 4.31 Å². The van der Waals surface area contributed by atoms with Crippen LogP contribution in [-0.4, -0.2) is 50.2 Å². The highest BCUT2D eigenvalue weighted by Gasteiger charge is 2.35. The number of nitrogens with one attached hydrogen (secondary N) is 1. The molecular formula is C26H33N3O4S. The molecule has 2 heterocycles. The molecule has 1 fully saturated rings. The van der Waals surface area contributed by atoms with E-state index >= 15 is 0 Å². The van der Waals surface area contributed by atoms with E-state index in [1.807, 2.05) is 13.8 Å². The Kier molecular flexibility index (Phi) is 7.09. The number of piperidine rings is 1. The molecule has 0 aromatic heterocycles. The Morgan fingerprint density at radius 3 is 2.56 bits per heavy atom. The van der Waals surface area contributed by atoms with Crippen molar-refractivity contribution >= 4 is 27.5 Å². The second-order valence-corrected chi connectivity index (χ2v) is 11.4. The van der Waals surface area contributed by atoms with E-state index < -0.39 is 10.0 Å². The molecule has 0 bridgehead atoms. The molecule has 4 rings (SSSR count). The van der Waals surface area contributed by atoms with Gasteiger partial charge in [0.2, 0.25) is 21.8 Å². The van der Waals surface area contributed by atoms with E-state index in [2.05, 4.69) is 29.6 Å². The topological polar surface area (TPSA) is 86.8 Å². The molecule has 8 heteroatoms. The number of hydrogen-bond donors (Lipinski definition) is 1. The molecule has 0 aliphatic carbocycles. The molecule has 2 aromatic carbocycles. The quantitative estimate of drug-likeness (QED) is 0.684. The molecule has 0 saturated carbocycles. The second-order valence-electron chi connectivity index (χ2n) is 9.46. The number of fused-ring (bicyclic) bond motifs is 1. The van der Waals surface area contributed by atoms with Crippen molar-refractivity contribution in [3.05, 3.63) is 59.2 Å². The summed E-state index contributed by atoms with van der Waals surface area (Å²) in [6, 6.07) is 13.2. The Morgan fingerprint density at radius 1 is 1.12 bits per heavy atom. The van der Waals surface area contributed by atoms with Crippen LogP contribution in [0.5, 0.6) is 0 Å². The molecule has 34 heavy (non-hydrogen) atoms. The summed E-state index contributed by atoms with van der Waals surface area (Å²) >= 11 is 0. The van der Waals surface area contributed by atoms with Gasteiger partial charge >= 0.3 is 0 Å². The molecule has 182 valence electrons. The van der Waals surface area contributed by atoms with Crippen molar-refractivity contribution in [2.45, 2.75) is 57.4 Å². The first-order valence-electron chi connectivity index (χ1n) is 11.9. The maximum absolute atomic E-state index is 13.4.